The highest BCUT2D eigenvalue weighted by atomic mass is 19.1. The molecule has 1 saturated carbocycles. The molecule has 1 aliphatic carbocycles. The third-order valence-electron chi connectivity index (χ3n) is 5.97. The molecule has 3 N–H and O–H groups in total. The molecule has 2 aliphatic rings. The van der Waals surface area contributed by atoms with Gasteiger partial charge in [-0.1, -0.05) is 30.3 Å². The lowest BCUT2D eigenvalue weighted by molar-refractivity contribution is 0.0950. The fourth-order valence-electron chi connectivity index (χ4n) is 4.15. The fourth-order valence-corrected chi connectivity index (χ4v) is 4.15. The summed E-state index contributed by atoms with van der Waals surface area (Å²) in [5, 5.41) is 14.6. The van der Waals surface area contributed by atoms with Gasteiger partial charge in [-0.3, -0.25) is 9.59 Å². The number of nitrogens with one attached hydrogen (secondary N) is 2. The molecule has 4 atom stereocenters. The van der Waals surface area contributed by atoms with Gasteiger partial charge in [0, 0.05) is 31.3 Å². The molecule has 2 aromatic rings. The zero-order valence-corrected chi connectivity index (χ0v) is 16.7. The molecule has 4 rings (SSSR count). The van der Waals surface area contributed by atoms with E-state index in [-0.39, 0.29) is 29.9 Å². The van der Waals surface area contributed by atoms with Gasteiger partial charge in [0.15, 0.2) is 0 Å². The molecule has 0 radical (unpaired) electrons. The highest BCUT2D eigenvalue weighted by Gasteiger charge is 2.39. The predicted molar refractivity (Wildman–Crippen MR) is 110 cm³/mol. The van der Waals surface area contributed by atoms with Crippen molar-refractivity contribution in [3.05, 3.63) is 64.7 Å². The third kappa shape index (κ3) is 3.77. The molecule has 1 unspecified atom stereocenters. The number of hydrogen-bond donors (Lipinski definition) is 3. The highest BCUT2D eigenvalue weighted by molar-refractivity contribution is 6.02. The zero-order valence-electron chi connectivity index (χ0n) is 16.7. The number of aliphatic hydroxyl groups excluding tert-OH is 1. The van der Waals surface area contributed by atoms with E-state index < -0.39 is 24.6 Å². The van der Waals surface area contributed by atoms with Crippen molar-refractivity contribution in [3.63, 3.8) is 0 Å². The van der Waals surface area contributed by atoms with Crippen molar-refractivity contribution in [1.82, 2.24) is 10.6 Å². The summed E-state index contributed by atoms with van der Waals surface area (Å²) in [6.45, 7) is -0.115. The van der Waals surface area contributed by atoms with Crippen molar-refractivity contribution in [2.45, 2.75) is 18.4 Å². The van der Waals surface area contributed by atoms with Crippen molar-refractivity contribution in [3.8, 4) is 5.75 Å². The SMILES string of the molecule is CNC(=O)c1cc(C(=O)NCC2C[C@H]2CO)cc2c1O[C@H](CF)[C@H]2c1ccccc1. The van der Waals surface area contributed by atoms with Crippen molar-refractivity contribution >= 4 is 11.8 Å². The first kappa shape index (κ1) is 20.3. The van der Waals surface area contributed by atoms with Crippen molar-refractivity contribution in [2.75, 3.05) is 26.9 Å². The van der Waals surface area contributed by atoms with Crippen LogP contribution in [-0.4, -0.2) is 49.9 Å². The number of benzene rings is 2. The molecule has 6 nitrogen and oxygen atoms in total. The predicted octanol–water partition coefficient (Wildman–Crippen LogP) is 2.27. The van der Waals surface area contributed by atoms with Crippen LogP contribution >= 0.6 is 0 Å². The molecule has 1 heterocycles. The Hall–Kier alpha value is -2.93. The smallest absolute Gasteiger partial charge is 0.254 e. The van der Waals surface area contributed by atoms with Crippen molar-refractivity contribution in [1.29, 1.82) is 0 Å². The zero-order chi connectivity index (χ0) is 21.3. The molecule has 0 aromatic heterocycles. The number of alkyl halides is 1. The summed E-state index contributed by atoms with van der Waals surface area (Å²) in [6.07, 6.45) is 0.132. The molecule has 158 valence electrons. The van der Waals surface area contributed by atoms with Gasteiger partial charge in [-0.05, 0) is 36.0 Å². The lowest BCUT2D eigenvalue weighted by Gasteiger charge is -2.16. The summed E-state index contributed by atoms with van der Waals surface area (Å²) < 4.78 is 19.7. The van der Waals surface area contributed by atoms with Gasteiger partial charge in [-0.25, -0.2) is 4.39 Å². The van der Waals surface area contributed by atoms with Crippen LogP contribution in [0.1, 0.15) is 44.2 Å². The highest BCUT2D eigenvalue weighted by Crippen LogP contribution is 2.45. The summed E-state index contributed by atoms with van der Waals surface area (Å²) in [7, 11) is 1.50. The molecule has 30 heavy (non-hydrogen) atoms. The molecule has 1 fully saturated rings. The lowest BCUT2D eigenvalue weighted by atomic mass is 9.86. The Labute approximate surface area is 174 Å². The number of fused-ring (bicyclic) bond motifs is 1. The number of amides is 2. The topological polar surface area (TPSA) is 87.7 Å². The van der Waals surface area contributed by atoms with Crippen LogP contribution in [0.3, 0.4) is 0 Å². The van der Waals surface area contributed by atoms with E-state index in [2.05, 4.69) is 10.6 Å². The molecule has 2 aromatic carbocycles. The van der Waals surface area contributed by atoms with E-state index in [0.717, 1.165) is 12.0 Å². The third-order valence-corrected chi connectivity index (χ3v) is 5.97. The Morgan fingerprint density at radius 2 is 1.93 bits per heavy atom. The standard InChI is InChI=1S/C23H25FN2O4/c1-25-23(29)18-9-14(22(28)26-11-15-7-16(15)12-27)8-17-20(13-5-3-2-4-6-13)19(10-24)30-21(17)18/h2-6,8-9,15-16,19-20,27H,7,10-12H2,1H3,(H,25,29)(H,26,28)/t15?,16-,19+,20-/m0/s1. The molecule has 1 aliphatic heterocycles. The number of carbonyl (C=O) groups excluding carboxylic acids is 2. The normalized spacial score (nSPS) is 24.0. The van der Waals surface area contributed by atoms with Gasteiger partial charge in [-0.15, -0.1) is 0 Å². The first-order chi connectivity index (χ1) is 14.6. The van der Waals surface area contributed by atoms with Gasteiger partial charge >= 0.3 is 0 Å². The van der Waals surface area contributed by atoms with Crippen molar-refractivity contribution < 1.29 is 23.8 Å². The quantitative estimate of drug-likeness (QED) is 0.651. The van der Waals surface area contributed by atoms with E-state index in [1.807, 2.05) is 30.3 Å². The maximum absolute atomic E-state index is 13.8. The average Bonchev–Trinajstić information content (AvgIpc) is 3.46. The van der Waals surface area contributed by atoms with Gasteiger partial charge in [0.25, 0.3) is 11.8 Å². The number of halogens is 1. The molecule has 2 amide bonds. The van der Waals surface area contributed by atoms with Gasteiger partial charge < -0.3 is 20.5 Å². The summed E-state index contributed by atoms with van der Waals surface area (Å²) >= 11 is 0. The van der Waals surface area contributed by atoms with Crippen LogP contribution in [0.5, 0.6) is 5.75 Å². The van der Waals surface area contributed by atoms with E-state index in [9.17, 15) is 19.1 Å². The van der Waals surface area contributed by atoms with Crippen LogP contribution in [-0.2, 0) is 0 Å². The second kappa shape index (κ2) is 8.44. The second-order valence-corrected chi connectivity index (χ2v) is 7.87. The summed E-state index contributed by atoms with van der Waals surface area (Å²) in [5.41, 5.74) is 2.05. The summed E-state index contributed by atoms with van der Waals surface area (Å²) in [4.78, 5) is 25.3. The number of rotatable bonds is 7. The molecule has 7 heteroatoms. The average molecular weight is 412 g/mol. The minimum Gasteiger partial charge on any atom is -0.486 e. The van der Waals surface area contributed by atoms with E-state index in [1.54, 1.807) is 6.07 Å². The molecule has 0 spiro atoms. The number of aliphatic hydroxyl groups is 1. The monoisotopic (exact) mass is 412 g/mol. The Morgan fingerprint density at radius 3 is 2.57 bits per heavy atom. The minimum atomic E-state index is -0.763. The van der Waals surface area contributed by atoms with Crippen LogP contribution < -0.4 is 15.4 Å². The van der Waals surface area contributed by atoms with Crippen LogP contribution in [0.2, 0.25) is 0 Å². The number of hydrogen-bond acceptors (Lipinski definition) is 4. The van der Waals surface area contributed by atoms with E-state index >= 15 is 0 Å². The minimum absolute atomic E-state index is 0.126. The Morgan fingerprint density at radius 1 is 1.17 bits per heavy atom. The molecule has 0 bridgehead atoms. The first-order valence-corrected chi connectivity index (χ1v) is 10.1. The molecular weight excluding hydrogens is 387 g/mol. The number of carbonyl (C=O) groups is 2. The Bertz CT molecular complexity index is 950. The van der Waals surface area contributed by atoms with Gasteiger partial charge in [0.05, 0.1) is 11.5 Å². The maximum Gasteiger partial charge on any atom is 0.254 e. The lowest BCUT2D eigenvalue weighted by Crippen LogP contribution is -2.27. The second-order valence-electron chi connectivity index (χ2n) is 7.87. The molecular formula is C23H25FN2O4. The first-order valence-electron chi connectivity index (χ1n) is 10.1. The maximum atomic E-state index is 13.8. The Balaban J connectivity index is 1.70. The van der Waals surface area contributed by atoms with Gasteiger partial charge in [-0.2, -0.15) is 0 Å². The van der Waals surface area contributed by atoms with Gasteiger partial charge in [0.1, 0.15) is 18.5 Å². The van der Waals surface area contributed by atoms with Crippen molar-refractivity contribution in [2.24, 2.45) is 11.8 Å². The largest absolute Gasteiger partial charge is 0.486 e. The van der Waals surface area contributed by atoms with Crippen LogP contribution in [0.4, 0.5) is 4.39 Å². The van der Waals surface area contributed by atoms with Crippen LogP contribution in [0, 0.1) is 11.8 Å². The molecule has 0 saturated heterocycles. The van der Waals surface area contributed by atoms with E-state index in [1.165, 1.54) is 13.1 Å². The van der Waals surface area contributed by atoms with Crippen LogP contribution in [0.25, 0.3) is 0 Å². The summed E-state index contributed by atoms with van der Waals surface area (Å²) in [5.74, 6) is -0.262. The summed E-state index contributed by atoms with van der Waals surface area (Å²) in [6, 6.07) is 12.6. The Kier molecular flexibility index (Phi) is 5.72. The van der Waals surface area contributed by atoms with Crippen LogP contribution in [0.15, 0.2) is 42.5 Å². The van der Waals surface area contributed by atoms with Gasteiger partial charge in [0.2, 0.25) is 0 Å². The van der Waals surface area contributed by atoms with E-state index in [4.69, 9.17) is 4.74 Å². The fraction of sp³-hybridized carbons (Fsp3) is 0.391. The van der Waals surface area contributed by atoms with E-state index in [0.29, 0.717) is 23.4 Å². The number of ether oxygens (including phenoxy) is 1.